The van der Waals surface area contributed by atoms with Crippen LogP contribution < -0.4 is 10.1 Å². The molecule has 0 saturated heterocycles. The lowest BCUT2D eigenvalue weighted by Gasteiger charge is -2.32. The summed E-state index contributed by atoms with van der Waals surface area (Å²) in [4.78, 5) is 0. The Hall–Kier alpha value is -1.59. The summed E-state index contributed by atoms with van der Waals surface area (Å²) in [6.07, 6.45) is 0.453. The molecule has 5 heteroatoms. The van der Waals surface area contributed by atoms with Crippen molar-refractivity contribution in [3.63, 3.8) is 0 Å². The highest BCUT2D eigenvalue weighted by molar-refractivity contribution is 9.10. The van der Waals surface area contributed by atoms with Gasteiger partial charge in [0.05, 0.1) is 0 Å². The fourth-order valence-electron chi connectivity index (χ4n) is 2.64. The van der Waals surface area contributed by atoms with Gasteiger partial charge in [-0.2, -0.15) is 0 Å². The van der Waals surface area contributed by atoms with E-state index in [1.807, 2.05) is 25.2 Å². The zero-order valence-electron chi connectivity index (χ0n) is 11.4. The van der Waals surface area contributed by atoms with Crippen molar-refractivity contribution >= 4 is 15.9 Å². The van der Waals surface area contributed by atoms with Gasteiger partial charge in [0.25, 0.3) is 0 Å². The van der Waals surface area contributed by atoms with Gasteiger partial charge in [-0.1, -0.05) is 28.1 Å². The summed E-state index contributed by atoms with van der Waals surface area (Å²) in [7, 11) is 1.90. The number of nitrogens with one attached hydrogen (secondary N) is 1. The maximum atomic E-state index is 13.5. The van der Waals surface area contributed by atoms with Crippen LogP contribution in [0.4, 0.5) is 4.39 Å². The normalized spacial score (nSPS) is 20.7. The van der Waals surface area contributed by atoms with Crippen molar-refractivity contribution in [1.29, 1.82) is 0 Å². The second kappa shape index (κ2) is 5.66. The third kappa shape index (κ3) is 2.76. The average molecular weight is 352 g/mol. The van der Waals surface area contributed by atoms with Gasteiger partial charge in [-0.15, -0.1) is 0 Å². The van der Waals surface area contributed by atoms with Crippen molar-refractivity contribution in [3.8, 4) is 11.5 Å². The first-order valence-electron chi connectivity index (χ1n) is 6.70. The van der Waals surface area contributed by atoms with E-state index in [9.17, 15) is 9.50 Å². The Kier molecular flexibility index (Phi) is 3.87. The van der Waals surface area contributed by atoms with Gasteiger partial charge in [0.15, 0.2) is 11.6 Å². The molecule has 1 heterocycles. The van der Waals surface area contributed by atoms with Crippen molar-refractivity contribution in [1.82, 2.24) is 5.32 Å². The number of hydrogen-bond donors (Lipinski definition) is 2. The van der Waals surface area contributed by atoms with E-state index >= 15 is 0 Å². The van der Waals surface area contributed by atoms with E-state index in [1.54, 1.807) is 6.07 Å². The second-order valence-electron chi connectivity index (χ2n) is 5.08. The molecule has 0 aromatic heterocycles. The quantitative estimate of drug-likeness (QED) is 0.856. The van der Waals surface area contributed by atoms with Crippen LogP contribution in [-0.2, 0) is 0 Å². The molecular formula is C16H15BrFNO2. The lowest BCUT2D eigenvalue weighted by atomic mass is 9.93. The third-order valence-corrected chi connectivity index (χ3v) is 4.26. The number of rotatable bonds is 2. The fraction of sp³-hybridized carbons (Fsp3) is 0.250. The Labute approximate surface area is 130 Å². The van der Waals surface area contributed by atoms with Crippen LogP contribution in [0.5, 0.6) is 11.5 Å². The molecule has 21 heavy (non-hydrogen) atoms. The van der Waals surface area contributed by atoms with Crippen molar-refractivity contribution in [3.05, 3.63) is 57.8 Å². The predicted molar refractivity (Wildman–Crippen MR) is 82.0 cm³/mol. The van der Waals surface area contributed by atoms with Gasteiger partial charge >= 0.3 is 0 Å². The lowest BCUT2D eigenvalue weighted by molar-refractivity contribution is 0.153. The Balaban J connectivity index is 1.97. The highest BCUT2D eigenvalue weighted by Crippen LogP contribution is 2.42. The number of fused-ring (bicyclic) bond motifs is 1. The zero-order chi connectivity index (χ0) is 15.0. The van der Waals surface area contributed by atoms with Crippen molar-refractivity contribution in [2.24, 2.45) is 0 Å². The molecule has 2 unspecified atom stereocenters. The van der Waals surface area contributed by atoms with Crippen molar-refractivity contribution < 1.29 is 14.2 Å². The number of benzene rings is 2. The number of halogens is 2. The first-order chi connectivity index (χ1) is 10.1. The molecule has 3 rings (SSSR count). The number of ether oxygens (including phenoxy) is 1. The monoisotopic (exact) mass is 351 g/mol. The molecule has 0 saturated carbocycles. The molecule has 2 N–H and O–H groups in total. The first-order valence-corrected chi connectivity index (χ1v) is 7.49. The van der Waals surface area contributed by atoms with E-state index in [0.29, 0.717) is 6.42 Å². The van der Waals surface area contributed by atoms with Gasteiger partial charge in [0.1, 0.15) is 11.9 Å². The predicted octanol–water partition coefficient (Wildman–Crippen LogP) is 4.08. The van der Waals surface area contributed by atoms with Gasteiger partial charge < -0.3 is 15.2 Å². The van der Waals surface area contributed by atoms with E-state index in [-0.39, 0.29) is 17.9 Å². The number of phenolic OH excluding ortho intramolecular Hbond substituents is 1. The summed E-state index contributed by atoms with van der Waals surface area (Å²) in [5.74, 6) is -0.187. The highest BCUT2D eigenvalue weighted by Gasteiger charge is 2.29. The molecule has 2 atom stereocenters. The van der Waals surface area contributed by atoms with Crippen molar-refractivity contribution in [2.45, 2.75) is 18.6 Å². The molecule has 2 aromatic rings. The van der Waals surface area contributed by atoms with Gasteiger partial charge in [-0.25, -0.2) is 4.39 Å². The number of aromatic hydroxyl groups is 1. The summed E-state index contributed by atoms with van der Waals surface area (Å²) >= 11 is 3.44. The molecule has 0 radical (unpaired) electrons. The molecule has 0 amide bonds. The molecule has 0 fully saturated rings. The summed E-state index contributed by atoms with van der Waals surface area (Å²) in [6, 6.07) is 10.4. The molecule has 0 bridgehead atoms. The zero-order valence-corrected chi connectivity index (χ0v) is 13.0. The van der Waals surface area contributed by atoms with E-state index < -0.39 is 5.82 Å². The van der Waals surface area contributed by atoms with Gasteiger partial charge in [-0.05, 0) is 36.9 Å². The topological polar surface area (TPSA) is 41.5 Å². The summed E-state index contributed by atoms with van der Waals surface area (Å²) < 4.78 is 20.5. The van der Waals surface area contributed by atoms with Crippen LogP contribution in [0.2, 0.25) is 0 Å². The largest absolute Gasteiger partial charge is 0.505 e. The Morgan fingerprint density at radius 3 is 2.81 bits per heavy atom. The van der Waals surface area contributed by atoms with Crippen LogP contribution in [0.25, 0.3) is 0 Å². The maximum Gasteiger partial charge on any atom is 0.165 e. The minimum atomic E-state index is -0.628. The van der Waals surface area contributed by atoms with E-state index in [1.165, 1.54) is 12.1 Å². The standard InChI is InChI=1S/C16H15BrFNO2/c1-19-13-8-15(9-2-5-14(20)12(18)6-9)21-16-7-10(17)3-4-11(13)16/h2-7,13,15,19-20H,8H2,1H3. The van der Waals surface area contributed by atoms with Gasteiger partial charge in [0, 0.05) is 22.5 Å². The summed E-state index contributed by atoms with van der Waals surface area (Å²) in [5.41, 5.74) is 1.81. The van der Waals surface area contributed by atoms with Crippen LogP contribution in [0.15, 0.2) is 40.9 Å². The van der Waals surface area contributed by atoms with Crippen LogP contribution in [0, 0.1) is 5.82 Å². The molecule has 1 aliphatic rings. The maximum absolute atomic E-state index is 13.5. The van der Waals surface area contributed by atoms with E-state index in [4.69, 9.17) is 4.74 Å². The second-order valence-corrected chi connectivity index (χ2v) is 5.99. The molecular weight excluding hydrogens is 337 g/mol. The SMILES string of the molecule is CNC1CC(c2ccc(O)c(F)c2)Oc2cc(Br)ccc21. The molecule has 110 valence electrons. The third-order valence-electron chi connectivity index (χ3n) is 3.76. The molecule has 2 aromatic carbocycles. The van der Waals surface area contributed by atoms with Crippen LogP contribution in [-0.4, -0.2) is 12.2 Å². The summed E-state index contributed by atoms with van der Waals surface area (Å²) in [6.45, 7) is 0. The minimum absolute atomic E-state index is 0.142. The van der Waals surface area contributed by atoms with Crippen LogP contribution in [0.1, 0.15) is 29.7 Å². The van der Waals surface area contributed by atoms with Crippen LogP contribution in [0.3, 0.4) is 0 Å². The summed E-state index contributed by atoms with van der Waals surface area (Å²) in [5, 5.41) is 12.6. The average Bonchev–Trinajstić information content (AvgIpc) is 2.48. The highest BCUT2D eigenvalue weighted by atomic mass is 79.9. The lowest BCUT2D eigenvalue weighted by Crippen LogP contribution is -2.26. The fourth-order valence-corrected chi connectivity index (χ4v) is 2.98. The first kappa shape index (κ1) is 14.4. The number of phenols is 1. The smallest absolute Gasteiger partial charge is 0.165 e. The van der Waals surface area contributed by atoms with Crippen molar-refractivity contribution in [2.75, 3.05) is 7.05 Å². The van der Waals surface area contributed by atoms with Gasteiger partial charge in [0.2, 0.25) is 0 Å². The molecule has 3 nitrogen and oxygen atoms in total. The van der Waals surface area contributed by atoms with E-state index in [0.717, 1.165) is 21.3 Å². The van der Waals surface area contributed by atoms with E-state index in [2.05, 4.69) is 21.2 Å². The van der Waals surface area contributed by atoms with Gasteiger partial charge in [-0.3, -0.25) is 0 Å². The number of hydrogen-bond acceptors (Lipinski definition) is 3. The Morgan fingerprint density at radius 1 is 1.29 bits per heavy atom. The molecule has 0 spiro atoms. The Morgan fingerprint density at radius 2 is 2.10 bits per heavy atom. The Bertz CT molecular complexity index is 677. The van der Waals surface area contributed by atoms with Crippen LogP contribution >= 0.6 is 15.9 Å². The molecule has 1 aliphatic heterocycles. The molecule has 0 aliphatic carbocycles. The minimum Gasteiger partial charge on any atom is -0.505 e.